The first-order valence-corrected chi connectivity index (χ1v) is 12.5. The Labute approximate surface area is 207 Å². The van der Waals surface area contributed by atoms with Gasteiger partial charge in [0, 0.05) is 22.7 Å². The summed E-state index contributed by atoms with van der Waals surface area (Å²) in [7, 11) is -0.473. The van der Waals surface area contributed by atoms with Gasteiger partial charge < -0.3 is 5.32 Å². The first-order chi connectivity index (χ1) is 16.2. The number of anilines is 1. The maximum absolute atomic E-state index is 13.4. The summed E-state index contributed by atoms with van der Waals surface area (Å²) in [6.07, 6.45) is -1.53. The van der Waals surface area contributed by atoms with Gasteiger partial charge >= 0.3 is 0 Å². The zero-order chi connectivity index (χ0) is 25.0. The fourth-order valence-corrected chi connectivity index (χ4v) is 4.59. The molecule has 0 bridgehead atoms. The van der Waals surface area contributed by atoms with Crippen LogP contribution in [0.4, 0.5) is 14.5 Å². The average molecular weight is 528 g/mol. The van der Waals surface area contributed by atoms with Crippen LogP contribution in [0, 0.1) is 6.92 Å². The van der Waals surface area contributed by atoms with Crippen molar-refractivity contribution in [2.45, 2.75) is 27.2 Å². The summed E-state index contributed by atoms with van der Waals surface area (Å²) in [5, 5.41) is 6.87. The molecule has 2 amide bonds. The molecule has 0 aliphatic heterocycles. The van der Waals surface area contributed by atoms with Crippen LogP contribution < -0.4 is 5.32 Å². The number of hydrogen-bond donors (Lipinski definition) is 1. The van der Waals surface area contributed by atoms with E-state index in [2.05, 4.69) is 19.8 Å². The van der Waals surface area contributed by atoms with Gasteiger partial charge in [-0.25, -0.2) is 18.4 Å². The van der Waals surface area contributed by atoms with E-state index < -0.39 is 34.6 Å². The molecule has 1 N–H and O–H groups in total. The molecule has 0 radical (unpaired) electrons. The van der Waals surface area contributed by atoms with Crippen molar-refractivity contribution in [1.29, 1.82) is 0 Å². The standard InChI is InChI=1S/C22H21Cl2F2N5O2S/c1-4-34(5-2)30-21(32)14-10-13(23)9-12(3)18(14)28-22(33)17-11-16(19(25)26)29-31(17)20-15(24)7-6-8-27-20/h6-11,19H,4-5H2,1-3H3,(H,28,33). The summed E-state index contributed by atoms with van der Waals surface area (Å²) in [5.74, 6) is 0.0942. The lowest BCUT2D eigenvalue weighted by Gasteiger charge is -2.14. The van der Waals surface area contributed by atoms with Crippen molar-refractivity contribution in [2.24, 2.45) is 4.36 Å². The number of amides is 2. The lowest BCUT2D eigenvalue weighted by molar-refractivity contribution is 0.101. The zero-order valence-corrected chi connectivity index (χ0v) is 20.8. The molecule has 0 aliphatic rings. The van der Waals surface area contributed by atoms with E-state index in [4.69, 9.17) is 23.2 Å². The Balaban J connectivity index is 2.08. The summed E-state index contributed by atoms with van der Waals surface area (Å²) in [6.45, 7) is 5.52. The molecular weight excluding hydrogens is 507 g/mol. The van der Waals surface area contributed by atoms with E-state index in [1.54, 1.807) is 19.1 Å². The van der Waals surface area contributed by atoms with Crippen LogP contribution in [0.1, 0.15) is 52.4 Å². The van der Waals surface area contributed by atoms with Crippen molar-refractivity contribution in [3.63, 3.8) is 0 Å². The molecule has 0 aliphatic carbocycles. The minimum Gasteiger partial charge on any atom is -0.320 e. The van der Waals surface area contributed by atoms with Crippen LogP contribution in [0.5, 0.6) is 0 Å². The van der Waals surface area contributed by atoms with Gasteiger partial charge in [0.1, 0.15) is 11.4 Å². The summed E-state index contributed by atoms with van der Waals surface area (Å²) < 4.78 is 32.0. The number of aryl methyl sites for hydroxylation is 1. The fourth-order valence-electron chi connectivity index (χ4n) is 3.12. The number of hydrogen-bond acceptors (Lipinski definition) is 4. The van der Waals surface area contributed by atoms with E-state index in [1.807, 2.05) is 13.8 Å². The predicted octanol–water partition coefficient (Wildman–Crippen LogP) is 6.05. The van der Waals surface area contributed by atoms with Crippen LogP contribution >= 0.6 is 23.2 Å². The summed E-state index contributed by atoms with van der Waals surface area (Å²) in [4.78, 5) is 30.2. The number of carbonyl (C=O) groups excluding carboxylic acids is 2. The average Bonchev–Trinajstić information content (AvgIpc) is 3.25. The minimum absolute atomic E-state index is 0.00952. The van der Waals surface area contributed by atoms with Crippen molar-refractivity contribution in [3.05, 3.63) is 69.1 Å². The molecule has 180 valence electrons. The molecule has 0 spiro atoms. The van der Waals surface area contributed by atoms with Gasteiger partial charge in [0.2, 0.25) is 0 Å². The molecule has 7 nitrogen and oxygen atoms in total. The minimum atomic E-state index is -2.93. The predicted molar refractivity (Wildman–Crippen MR) is 131 cm³/mol. The second kappa shape index (κ2) is 11.2. The van der Waals surface area contributed by atoms with Crippen LogP contribution in [-0.4, -0.2) is 38.1 Å². The van der Waals surface area contributed by atoms with E-state index in [-0.39, 0.29) is 27.8 Å². The lowest BCUT2D eigenvalue weighted by atomic mass is 10.1. The topological polar surface area (TPSA) is 89.2 Å². The highest BCUT2D eigenvalue weighted by Crippen LogP contribution is 2.29. The molecular formula is C22H21Cl2F2N5O2S. The summed E-state index contributed by atoms with van der Waals surface area (Å²) >= 11 is 12.3. The molecule has 0 unspecified atom stereocenters. The van der Waals surface area contributed by atoms with Gasteiger partial charge in [0.15, 0.2) is 5.82 Å². The molecule has 3 rings (SSSR count). The highest BCUT2D eigenvalue weighted by atomic mass is 35.5. The molecule has 0 fully saturated rings. The van der Waals surface area contributed by atoms with Crippen molar-refractivity contribution >= 4 is 51.4 Å². The Bertz CT molecular complexity index is 1270. The Morgan fingerprint density at radius 2 is 1.91 bits per heavy atom. The monoisotopic (exact) mass is 527 g/mol. The lowest BCUT2D eigenvalue weighted by Crippen LogP contribution is -2.20. The van der Waals surface area contributed by atoms with Gasteiger partial charge in [0.05, 0.1) is 16.3 Å². The number of benzene rings is 1. The maximum Gasteiger partial charge on any atom is 0.285 e. The number of nitrogens with one attached hydrogen (secondary N) is 1. The van der Waals surface area contributed by atoms with E-state index in [1.165, 1.54) is 18.3 Å². The third-order valence-corrected chi connectivity index (χ3v) is 7.04. The molecule has 3 aromatic rings. The SMILES string of the molecule is CCS(CC)=NC(=O)c1cc(Cl)cc(C)c1NC(=O)c1cc(C(F)F)nn1-c1ncccc1Cl. The summed E-state index contributed by atoms with van der Waals surface area (Å²) in [6, 6.07) is 7.00. The number of pyridine rings is 1. The Morgan fingerprint density at radius 1 is 1.21 bits per heavy atom. The first kappa shape index (κ1) is 25.9. The van der Waals surface area contributed by atoms with Gasteiger partial charge in [0.25, 0.3) is 18.2 Å². The number of aromatic nitrogens is 3. The van der Waals surface area contributed by atoms with Crippen molar-refractivity contribution in [1.82, 2.24) is 14.8 Å². The summed E-state index contributed by atoms with van der Waals surface area (Å²) in [5.41, 5.74) is -0.0715. The molecule has 12 heteroatoms. The normalized spacial score (nSPS) is 11.2. The maximum atomic E-state index is 13.4. The molecule has 2 heterocycles. The van der Waals surface area contributed by atoms with Gasteiger partial charge in [-0.05, 0) is 42.8 Å². The van der Waals surface area contributed by atoms with Crippen molar-refractivity contribution < 1.29 is 18.4 Å². The van der Waals surface area contributed by atoms with Crippen molar-refractivity contribution in [3.8, 4) is 5.82 Å². The van der Waals surface area contributed by atoms with E-state index in [9.17, 15) is 18.4 Å². The Morgan fingerprint density at radius 3 is 2.53 bits per heavy atom. The molecule has 2 aromatic heterocycles. The van der Waals surface area contributed by atoms with Gasteiger partial charge in [-0.3, -0.25) is 9.59 Å². The molecule has 0 saturated carbocycles. The van der Waals surface area contributed by atoms with E-state index in [0.717, 1.165) is 10.7 Å². The first-order valence-electron chi connectivity index (χ1n) is 10.2. The van der Waals surface area contributed by atoms with Crippen LogP contribution in [0.25, 0.3) is 5.82 Å². The zero-order valence-electron chi connectivity index (χ0n) is 18.5. The van der Waals surface area contributed by atoms with Crippen LogP contribution in [0.2, 0.25) is 10.0 Å². The largest absolute Gasteiger partial charge is 0.320 e. The van der Waals surface area contributed by atoms with E-state index >= 15 is 0 Å². The number of alkyl halides is 2. The van der Waals surface area contributed by atoms with E-state index in [0.29, 0.717) is 22.1 Å². The third kappa shape index (κ3) is 5.68. The fraction of sp³-hybridized carbons (Fsp3) is 0.273. The Hall–Kier alpha value is -2.69. The smallest absolute Gasteiger partial charge is 0.285 e. The number of halogens is 4. The van der Waals surface area contributed by atoms with Crippen LogP contribution in [-0.2, 0) is 10.7 Å². The second-order valence-electron chi connectivity index (χ2n) is 7.01. The second-order valence-corrected chi connectivity index (χ2v) is 10.1. The molecule has 0 saturated heterocycles. The quantitative estimate of drug-likeness (QED) is 0.404. The van der Waals surface area contributed by atoms with Gasteiger partial charge in [-0.1, -0.05) is 47.7 Å². The highest BCUT2D eigenvalue weighted by Gasteiger charge is 2.25. The number of nitrogens with zero attached hydrogens (tertiary/aromatic N) is 4. The van der Waals surface area contributed by atoms with Gasteiger partial charge in [-0.15, -0.1) is 0 Å². The number of rotatable bonds is 7. The van der Waals surface area contributed by atoms with Crippen LogP contribution in [0.15, 0.2) is 40.9 Å². The molecule has 0 atom stereocenters. The van der Waals surface area contributed by atoms with Crippen LogP contribution in [0.3, 0.4) is 0 Å². The molecule has 34 heavy (non-hydrogen) atoms. The number of carbonyl (C=O) groups is 2. The van der Waals surface area contributed by atoms with Crippen molar-refractivity contribution in [2.75, 3.05) is 16.8 Å². The third-order valence-electron chi connectivity index (χ3n) is 4.77. The van der Waals surface area contributed by atoms with Gasteiger partial charge in [-0.2, -0.15) is 9.46 Å². The highest BCUT2D eigenvalue weighted by molar-refractivity contribution is 7.87. The Kier molecular flexibility index (Phi) is 8.51. The molecule has 1 aromatic carbocycles.